The number of fused-ring (bicyclic) bond motifs is 1. The highest BCUT2D eigenvalue weighted by Crippen LogP contribution is 2.41. The van der Waals surface area contributed by atoms with Crippen LogP contribution in [0.3, 0.4) is 0 Å². The number of aryl methyl sites for hydroxylation is 1. The molecule has 1 aromatic carbocycles. The van der Waals surface area contributed by atoms with Gasteiger partial charge in [0.25, 0.3) is 0 Å². The number of hydrogen-bond acceptors (Lipinski definition) is 4. The molecule has 4 rings (SSSR count). The molecule has 2 aromatic rings. The number of β-amino-alcohol motifs (C(OH)–C–C–N with tert-alkyl or cyclic N) is 1. The van der Waals surface area contributed by atoms with Crippen molar-refractivity contribution in [1.29, 1.82) is 0 Å². The molecule has 1 spiro atoms. The van der Waals surface area contributed by atoms with E-state index in [9.17, 15) is 9.90 Å². The number of rotatable bonds is 3. The number of likely N-dealkylation sites (tertiary alicyclic amines) is 1. The van der Waals surface area contributed by atoms with Crippen molar-refractivity contribution in [3.05, 3.63) is 35.9 Å². The molecule has 2 aliphatic heterocycles. The number of pyridine rings is 1. The Morgan fingerprint density at radius 3 is 2.92 bits per heavy atom. The molecular formula is C20H25N3O2. The van der Waals surface area contributed by atoms with E-state index in [-0.39, 0.29) is 17.9 Å². The maximum Gasteiger partial charge on any atom is 0.230 e. The van der Waals surface area contributed by atoms with E-state index in [0.717, 1.165) is 50.2 Å². The van der Waals surface area contributed by atoms with Crippen molar-refractivity contribution in [2.45, 2.75) is 26.2 Å². The van der Waals surface area contributed by atoms with Crippen LogP contribution in [0.2, 0.25) is 0 Å². The Morgan fingerprint density at radius 2 is 2.08 bits per heavy atom. The van der Waals surface area contributed by atoms with Crippen LogP contribution in [0.5, 0.6) is 0 Å². The van der Waals surface area contributed by atoms with Crippen molar-refractivity contribution in [1.82, 2.24) is 9.88 Å². The van der Waals surface area contributed by atoms with Gasteiger partial charge in [-0.2, -0.15) is 0 Å². The van der Waals surface area contributed by atoms with Crippen LogP contribution in [0.15, 0.2) is 30.3 Å². The maximum absolute atomic E-state index is 13.0. The smallest absolute Gasteiger partial charge is 0.230 e. The number of hydrogen-bond donors (Lipinski definition) is 1. The Labute approximate surface area is 148 Å². The van der Waals surface area contributed by atoms with E-state index < -0.39 is 0 Å². The van der Waals surface area contributed by atoms with Crippen molar-refractivity contribution < 1.29 is 9.90 Å². The molecule has 2 aliphatic rings. The third-order valence-corrected chi connectivity index (χ3v) is 5.78. The molecule has 2 saturated heterocycles. The number of benzene rings is 1. The minimum Gasteiger partial charge on any atom is -0.395 e. The van der Waals surface area contributed by atoms with Gasteiger partial charge in [0.05, 0.1) is 17.5 Å². The quantitative estimate of drug-likeness (QED) is 0.933. The van der Waals surface area contributed by atoms with Gasteiger partial charge in [0, 0.05) is 31.6 Å². The number of carbonyl (C=O) groups excluding carboxylic acids is 1. The molecule has 1 unspecified atom stereocenters. The predicted octanol–water partition coefficient (Wildman–Crippen LogP) is 2.35. The number of carbonyl (C=O) groups is 1. The van der Waals surface area contributed by atoms with Crippen LogP contribution in [-0.2, 0) is 4.79 Å². The lowest BCUT2D eigenvalue weighted by Gasteiger charge is -2.39. The number of piperidine rings is 1. The van der Waals surface area contributed by atoms with E-state index in [4.69, 9.17) is 4.98 Å². The fourth-order valence-corrected chi connectivity index (χ4v) is 4.43. The molecule has 0 bridgehead atoms. The number of aliphatic hydroxyl groups excluding tert-OH is 1. The Balaban J connectivity index is 1.61. The van der Waals surface area contributed by atoms with Crippen LogP contribution in [0.25, 0.3) is 10.9 Å². The summed E-state index contributed by atoms with van der Waals surface area (Å²) in [6, 6.07) is 10.3. The van der Waals surface area contributed by atoms with Gasteiger partial charge in [-0.3, -0.25) is 4.79 Å². The number of para-hydroxylation sites is 1. The third-order valence-electron chi connectivity index (χ3n) is 5.78. The van der Waals surface area contributed by atoms with Gasteiger partial charge >= 0.3 is 0 Å². The Kier molecular flexibility index (Phi) is 4.12. The second kappa shape index (κ2) is 6.30. The standard InChI is InChI=1S/C20H25N3O2/c1-15-13-18(21-17-6-3-2-5-16(15)17)23-10-8-20(14-23)7-4-9-22(11-12-24)19(20)25/h2-3,5-6,13,24H,4,7-12,14H2,1H3. The summed E-state index contributed by atoms with van der Waals surface area (Å²) in [4.78, 5) is 21.9. The van der Waals surface area contributed by atoms with Gasteiger partial charge in [0.15, 0.2) is 0 Å². The fourth-order valence-electron chi connectivity index (χ4n) is 4.43. The number of aliphatic hydroxyl groups is 1. The molecule has 1 atom stereocenters. The van der Waals surface area contributed by atoms with E-state index in [1.807, 2.05) is 23.1 Å². The predicted molar refractivity (Wildman–Crippen MR) is 98.6 cm³/mol. The lowest BCUT2D eigenvalue weighted by molar-refractivity contribution is -0.145. The molecule has 3 heterocycles. The summed E-state index contributed by atoms with van der Waals surface area (Å²) < 4.78 is 0. The molecule has 1 aromatic heterocycles. The zero-order valence-electron chi connectivity index (χ0n) is 14.7. The van der Waals surface area contributed by atoms with Crippen LogP contribution in [0.1, 0.15) is 24.8 Å². The molecule has 132 valence electrons. The Bertz CT molecular complexity index is 805. The summed E-state index contributed by atoms with van der Waals surface area (Å²) in [6.07, 6.45) is 2.84. The highest BCUT2D eigenvalue weighted by molar-refractivity contribution is 5.86. The van der Waals surface area contributed by atoms with Gasteiger partial charge in [-0.05, 0) is 43.9 Å². The van der Waals surface area contributed by atoms with E-state index in [1.54, 1.807) is 0 Å². The summed E-state index contributed by atoms with van der Waals surface area (Å²) in [6.45, 7) is 4.98. The fraction of sp³-hybridized carbons (Fsp3) is 0.500. The van der Waals surface area contributed by atoms with Crippen LogP contribution in [0, 0.1) is 12.3 Å². The maximum atomic E-state index is 13.0. The molecule has 5 nitrogen and oxygen atoms in total. The van der Waals surface area contributed by atoms with Gasteiger partial charge in [-0.1, -0.05) is 18.2 Å². The molecule has 0 aliphatic carbocycles. The topological polar surface area (TPSA) is 56.7 Å². The van der Waals surface area contributed by atoms with Crippen LogP contribution >= 0.6 is 0 Å². The summed E-state index contributed by atoms with van der Waals surface area (Å²) in [5.41, 5.74) is 1.93. The second-order valence-electron chi connectivity index (χ2n) is 7.39. The number of nitrogens with zero attached hydrogens (tertiary/aromatic N) is 3. The van der Waals surface area contributed by atoms with Gasteiger partial charge in [0.2, 0.25) is 5.91 Å². The lowest BCUT2D eigenvalue weighted by atomic mass is 9.78. The zero-order valence-corrected chi connectivity index (χ0v) is 14.7. The molecular weight excluding hydrogens is 314 g/mol. The first-order valence-electron chi connectivity index (χ1n) is 9.15. The SMILES string of the molecule is Cc1cc(N2CCC3(CCCN(CCO)C3=O)C2)nc2ccccc12. The van der Waals surface area contributed by atoms with Gasteiger partial charge in [-0.25, -0.2) is 4.98 Å². The number of amides is 1. The molecule has 1 N–H and O–H groups in total. The minimum absolute atomic E-state index is 0.0386. The minimum atomic E-state index is -0.297. The summed E-state index contributed by atoms with van der Waals surface area (Å²) in [7, 11) is 0. The first kappa shape index (κ1) is 16.3. The molecule has 0 radical (unpaired) electrons. The molecule has 5 heteroatoms. The van der Waals surface area contributed by atoms with E-state index in [0.29, 0.717) is 6.54 Å². The Morgan fingerprint density at radius 1 is 1.24 bits per heavy atom. The van der Waals surface area contributed by atoms with Crippen molar-refractivity contribution in [2.24, 2.45) is 5.41 Å². The molecule has 1 amide bonds. The highest BCUT2D eigenvalue weighted by atomic mass is 16.3. The van der Waals surface area contributed by atoms with Crippen molar-refractivity contribution >= 4 is 22.6 Å². The summed E-state index contributed by atoms with van der Waals surface area (Å²) in [5.74, 6) is 1.19. The van der Waals surface area contributed by atoms with Crippen LogP contribution in [-0.4, -0.2) is 53.7 Å². The largest absolute Gasteiger partial charge is 0.395 e. The van der Waals surface area contributed by atoms with E-state index in [1.165, 1.54) is 10.9 Å². The average Bonchev–Trinajstić information content (AvgIpc) is 3.04. The first-order chi connectivity index (χ1) is 12.1. The highest BCUT2D eigenvalue weighted by Gasteiger charge is 2.48. The van der Waals surface area contributed by atoms with Crippen LogP contribution in [0.4, 0.5) is 5.82 Å². The average molecular weight is 339 g/mol. The number of aromatic nitrogens is 1. The van der Waals surface area contributed by atoms with E-state index >= 15 is 0 Å². The Hall–Kier alpha value is -2.14. The van der Waals surface area contributed by atoms with Crippen molar-refractivity contribution in [2.75, 3.05) is 37.7 Å². The molecule has 0 saturated carbocycles. The number of anilines is 1. The monoisotopic (exact) mass is 339 g/mol. The van der Waals surface area contributed by atoms with Gasteiger partial charge in [-0.15, -0.1) is 0 Å². The zero-order chi connectivity index (χ0) is 17.4. The summed E-state index contributed by atoms with van der Waals surface area (Å²) in [5, 5.41) is 10.4. The second-order valence-corrected chi connectivity index (χ2v) is 7.39. The molecule has 2 fully saturated rings. The van der Waals surface area contributed by atoms with Gasteiger partial charge in [0.1, 0.15) is 5.82 Å². The van der Waals surface area contributed by atoms with Crippen molar-refractivity contribution in [3.8, 4) is 0 Å². The van der Waals surface area contributed by atoms with Gasteiger partial charge < -0.3 is 14.9 Å². The first-order valence-corrected chi connectivity index (χ1v) is 9.15. The lowest BCUT2D eigenvalue weighted by Crippen LogP contribution is -2.50. The van der Waals surface area contributed by atoms with E-state index in [2.05, 4.69) is 24.0 Å². The third kappa shape index (κ3) is 2.76. The normalized spacial score (nSPS) is 23.8. The molecule has 25 heavy (non-hydrogen) atoms. The van der Waals surface area contributed by atoms with Crippen LogP contribution < -0.4 is 4.90 Å². The summed E-state index contributed by atoms with van der Waals surface area (Å²) >= 11 is 0. The van der Waals surface area contributed by atoms with Crippen molar-refractivity contribution in [3.63, 3.8) is 0 Å².